The van der Waals surface area contributed by atoms with Crippen LogP contribution in [0.2, 0.25) is 0 Å². The Kier molecular flexibility index (Phi) is 3.85. The van der Waals surface area contributed by atoms with Crippen LogP contribution in [-0.2, 0) is 0 Å². The number of hydrogen-bond acceptors (Lipinski definition) is 2. The van der Waals surface area contributed by atoms with E-state index in [1.165, 1.54) is 19.3 Å². The van der Waals surface area contributed by atoms with Crippen molar-refractivity contribution in [2.24, 2.45) is 5.92 Å². The lowest BCUT2D eigenvalue weighted by atomic mass is 9.76. The quantitative estimate of drug-likeness (QED) is 0.901. The first-order valence-electron chi connectivity index (χ1n) is 7.46. The second kappa shape index (κ2) is 5.59. The molecule has 1 atom stereocenters. The van der Waals surface area contributed by atoms with Crippen LogP contribution >= 0.6 is 0 Å². The van der Waals surface area contributed by atoms with Crippen molar-refractivity contribution >= 4 is 0 Å². The van der Waals surface area contributed by atoms with Crippen LogP contribution in [0.4, 0.5) is 4.39 Å². The Morgan fingerprint density at radius 3 is 2.58 bits per heavy atom. The molecule has 1 aromatic carbocycles. The van der Waals surface area contributed by atoms with Gasteiger partial charge in [0.05, 0.1) is 0 Å². The van der Waals surface area contributed by atoms with E-state index < -0.39 is 0 Å². The Morgan fingerprint density at radius 2 is 2.00 bits per heavy atom. The van der Waals surface area contributed by atoms with Gasteiger partial charge < -0.3 is 5.32 Å². The fourth-order valence-corrected chi connectivity index (χ4v) is 3.34. The van der Waals surface area contributed by atoms with Crippen LogP contribution in [0.3, 0.4) is 0 Å². The molecule has 1 saturated heterocycles. The lowest BCUT2D eigenvalue weighted by Gasteiger charge is -2.43. The first kappa shape index (κ1) is 13.1. The third-order valence-corrected chi connectivity index (χ3v) is 4.62. The van der Waals surface area contributed by atoms with Crippen molar-refractivity contribution in [2.75, 3.05) is 26.2 Å². The maximum absolute atomic E-state index is 14.3. The molecule has 1 heterocycles. The van der Waals surface area contributed by atoms with E-state index in [9.17, 15) is 4.39 Å². The van der Waals surface area contributed by atoms with Crippen molar-refractivity contribution < 1.29 is 4.39 Å². The molecule has 0 bridgehead atoms. The van der Waals surface area contributed by atoms with Gasteiger partial charge in [-0.2, -0.15) is 0 Å². The van der Waals surface area contributed by atoms with Crippen LogP contribution in [0.5, 0.6) is 0 Å². The summed E-state index contributed by atoms with van der Waals surface area (Å²) in [5, 5.41) is 3.38. The highest BCUT2D eigenvalue weighted by molar-refractivity contribution is 5.27. The fourth-order valence-electron chi connectivity index (χ4n) is 3.34. The van der Waals surface area contributed by atoms with Crippen molar-refractivity contribution in [1.82, 2.24) is 10.2 Å². The van der Waals surface area contributed by atoms with Crippen molar-refractivity contribution in [3.63, 3.8) is 0 Å². The summed E-state index contributed by atoms with van der Waals surface area (Å²) in [7, 11) is 0. The molecule has 1 aromatic rings. The van der Waals surface area contributed by atoms with E-state index in [1.54, 1.807) is 6.07 Å². The van der Waals surface area contributed by atoms with Crippen LogP contribution in [0.1, 0.15) is 36.4 Å². The van der Waals surface area contributed by atoms with Crippen molar-refractivity contribution in [3.05, 3.63) is 35.1 Å². The number of halogens is 1. The summed E-state index contributed by atoms with van der Waals surface area (Å²) >= 11 is 0. The Labute approximate surface area is 115 Å². The molecule has 0 unspecified atom stereocenters. The number of rotatable bonds is 3. The molecule has 104 valence electrons. The highest BCUT2D eigenvalue weighted by Gasteiger charge is 2.34. The SMILES string of the molecule is Cc1ccc([C@H](C2CCC2)N2CCNCC2)c(F)c1. The molecule has 2 nitrogen and oxygen atoms in total. The third-order valence-electron chi connectivity index (χ3n) is 4.62. The van der Waals surface area contributed by atoms with Gasteiger partial charge in [0.2, 0.25) is 0 Å². The number of aryl methyl sites for hydroxylation is 1. The van der Waals surface area contributed by atoms with Gasteiger partial charge in [-0.15, -0.1) is 0 Å². The van der Waals surface area contributed by atoms with Crippen molar-refractivity contribution in [1.29, 1.82) is 0 Å². The summed E-state index contributed by atoms with van der Waals surface area (Å²) in [5.74, 6) is 0.630. The van der Waals surface area contributed by atoms with Crippen LogP contribution in [-0.4, -0.2) is 31.1 Å². The zero-order valence-electron chi connectivity index (χ0n) is 11.7. The molecule has 3 rings (SSSR count). The topological polar surface area (TPSA) is 15.3 Å². The Bertz CT molecular complexity index is 436. The monoisotopic (exact) mass is 262 g/mol. The Hall–Kier alpha value is -0.930. The van der Waals surface area contributed by atoms with Crippen molar-refractivity contribution in [2.45, 2.75) is 32.2 Å². The molecule has 1 saturated carbocycles. The van der Waals surface area contributed by atoms with Crippen LogP contribution < -0.4 is 5.32 Å². The summed E-state index contributed by atoms with van der Waals surface area (Å²) in [5.41, 5.74) is 1.92. The Balaban J connectivity index is 1.88. The molecule has 1 aliphatic heterocycles. The molecule has 2 aliphatic rings. The first-order chi connectivity index (χ1) is 9.25. The maximum Gasteiger partial charge on any atom is 0.128 e. The smallest absolute Gasteiger partial charge is 0.128 e. The van der Waals surface area contributed by atoms with Gasteiger partial charge in [0.15, 0.2) is 0 Å². The van der Waals surface area contributed by atoms with Gasteiger partial charge in [0, 0.05) is 37.8 Å². The van der Waals surface area contributed by atoms with E-state index in [0.717, 1.165) is 37.3 Å². The molecule has 3 heteroatoms. The van der Waals surface area contributed by atoms with Crippen LogP contribution in [0, 0.1) is 18.7 Å². The normalized spacial score (nSPS) is 23.1. The second-order valence-corrected chi connectivity index (χ2v) is 5.95. The molecule has 0 aromatic heterocycles. The van der Waals surface area contributed by atoms with Gasteiger partial charge in [-0.3, -0.25) is 4.90 Å². The van der Waals surface area contributed by atoms with Gasteiger partial charge in [-0.1, -0.05) is 18.6 Å². The summed E-state index contributed by atoms with van der Waals surface area (Å²) in [6, 6.07) is 6.03. The average molecular weight is 262 g/mol. The molecular formula is C16H23FN2. The number of piperazine rings is 1. The van der Waals surface area contributed by atoms with Crippen LogP contribution in [0.15, 0.2) is 18.2 Å². The molecule has 1 N–H and O–H groups in total. The molecule has 0 amide bonds. The van der Waals surface area contributed by atoms with E-state index in [-0.39, 0.29) is 11.9 Å². The highest BCUT2D eigenvalue weighted by atomic mass is 19.1. The van der Waals surface area contributed by atoms with Crippen molar-refractivity contribution in [3.8, 4) is 0 Å². The zero-order valence-corrected chi connectivity index (χ0v) is 11.7. The third kappa shape index (κ3) is 2.67. The maximum atomic E-state index is 14.3. The molecule has 0 spiro atoms. The average Bonchev–Trinajstić information content (AvgIpc) is 2.35. The highest BCUT2D eigenvalue weighted by Crippen LogP contribution is 2.42. The molecule has 1 aliphatic carbocycles. The summed E-state index contributed by atoms with van der Waals surface area (Å²) < 4.78 is 14.3. The lowest BCUT2D eigenvalue weighted by Crippen LogP contribution is -2.48. The largest absolute Gasteiger partial charge is 0.314 e. The van der Waals surface area contributed by atoms with E-state index >= 15 is 0 Å². The summed E-state index contributed by atoms with van der Waals surface area (Å²) in [6.07, 6.45) is 3.81. The van der Waals surface area contributed by atoms with Gasteiger partial charge in [0.1, 0.15) is 5.82 Å². The Morgan fingerprint density at radius 1 is 1.26 bits per heavy atom. The summed E-state index contributed by atoms with van der Waals surface area (Å²) in [6.45, 7) is 6.08. The minimum absolute atomic E-state index is 0.0181. The second-order valence-electron chi connectivity index (χ2n) is 5.95. The minimum atomic E-state index is -0.0181. The van der Waals surface area contributed by atoms with Gasteiger partial charge in [0.25, 0.3) is 0 Å². The minimum Gasteiger partial charge on any atom is -0.314 e. The number of benzene rings is 1. The lowest BCUT2D eigenvalue weighted by molar-refractivity contribution is 0.0812. The van der Waals surface area contributed by atoms with E-state index in [4.69, 9.17) is 0 Å². The molecule has 0 radical (unpaired) electrons. The van der Waals surface area contributed by atoms with E-state index in [0.29, 0.717) is 5.92 Å². The predicted molar refractivity (Wildman–Crippen MR) is 75.7 cm³/mol. The summed E-state index contributed by atoms with van der Waals surface area (Å²) in [4.78, 5) is 2.48. The number of nitrogens with one attached hydrogen (secondary N) is 1. The molecule has 2 fully saturated rings. The first-order valence-corrected chi connectivity index (χ1v) is 7.46. The fraction of sp³-hybridized carbons (Fsp3) is 0.625. The standard InChI is InChI=1S/C16H23FN2/c1-12-5-6-14(15(17)11-12)16(13-3-2-4-13)19-9-7-18-8-10-19/h5-6,11,13,16,18H,2-4,7-10H2,1H3/t16-/m0/s1. The number of hydrogen-bond donors (Lipinski definition) is 1. The van der Waals surface area contributed by atoms with E-state index in [2.05, 4.69) is 10.2 Å². The van der Waals surface area contributed by atoms with Gasteiger partial charge in [-0.05, 0) is 37.3 Å². The van der Waals surface area contributed by atoms with E-state index in [1.807, 2.05) is 19.1 Å². The number of nitrogens with zero attached hydrogens (tertiary/aromatic N) is 1. The molecule has 19 heavy (non-hydrogen) atoms. The molecular weight excluding hydrogens is 239 g/mol. The zero-order chi connectivity index (χ0) is 13.2. The van der Waals surface area contributed by atoms with Crippen LogP contribution in [0.25, 0.3) is 0 Å². The van der Waals surface area contributed by atoms with Gasteiger partial charge in [-0.25, -0.2) is 4.39 Å². The predicted octanol–water partition coefficient (Wildman–Crippen LogP) is 2.88. The van der Waals surface area contributed by atoms with Gasteiger partial charge >= 0.3 is 0 Å².